The molecule has 1 aliphatic heterocycles. The van der Waals surface area contributed by atoms with Gasteiger partial charge in [-0.25, -0.2) is 14.8 Å². The minimum atomic E-state index is -0.279. The highest BCUT2D eigenvalue weighted by Gasteiger charge is 2.26. The molecule has 0 radical (unpaired) electrons. The number of carbonyl (C=O) groups is 1. The van der Waals surface area contributed by atoms with Crippen molar-refractivity contribution in [2.45, 2.75) is 65.6 Å². The van der Waals surface area contributed by atoms with Gasteiger partial charge in [0.05, 0.1) is 17.4 Å². The maximum atomic E-state index is 12.1. The van der Waals surface area contributed by atoms with Gasteiger partial charge in [-0.1, -0.05) is 0 Å². The van der Waals surface area contributed by atoms with E-state index in [2.05, 4.69) is 15.0 Å². The second kappa shape index (κ2) is 11.1. The number of ether oxygens (including phenoxy) is 3. The molecule has 0 aliphatic carbocycles. The second-order valence-corrected chi connectivity index (χ2v) is 8.16. The molecule has 0 atom stereocenters. The van der Waals surface area contributed by atoms with E-state index in [1.165, 1.54) is 6.33 Å². The average Bonchev–Trinajstić information content (AvgIpc) is 2.76. The van der Waals surface area contributed by atoms with Gasteiger partial charge in [0.2, 0.25) is 11.8 Å². The summed E-state index contributed by atoms with van der Waals surface area (Å²) in [6, 6.07) is 3.76. The highest BCUT2D eigenvalue weighted by Crippen LogP contribution is 2.30. The highest BCUT2D eigenvalue weighted by atomic mass is 16.6. The van der Waals surface area contributed by atoms with Gasteiger partial charge in [-0.15, -0.1) is 0 Å². The van der Waals surface area contributed by atoms with E-state index >= 15 is 0 Å². The van der Waals surface area contributed by atoms with E-state index in [0.717, 1.165) is 17.8 Å². The van der Waals surface area contributed by atoms with Gasteiger partial charge in [0, 0.05) is 38.2 Å². The fourth-order valence-electron chi connectivity index (χ4n) is 3.44. The number of likely N-dealkylation sites (tertiary alicyclic amines) is 1. The second-order valence-electron chi connectivity index (χ2n) is 8.16. The van der Waals surface area contributed by atoms with Crippen molar-refractivity contribution >= 4 is 6.09 Å². The maximum Gasteiger partial charge on any atom is 0.410 e. The zero-order valence-electron chi connectivity index (χ0n) is 19.2. The van der Waals surface area contributed by atoms with Crippen LogP contribution in [0.4, 0.5) is 4.79 Å². The Morgan fingerprint density at radius 3 is 2.56 bits per heavy atom. The lowest BCUT2D eigenvalue weighted by molar-refractivity contribution is 0.0505. The fraction of sp³-hybridized carbons (Fsp3) is 0.565. The molecule has 9 nitrogen and oxygen atoms in total. The summed E-state index contributed by atoms with van der Waals surface area (Å²) in [5.41, 5.74) is 2.37. The van der Waals surface area contributed by atoms with Crippen LogP contribution in [0.2, 0.25) is 0 Å². The Morgan fingerprint density at radius 2 is 1.91 bits per heavy atom. The van der Waals surface area contributed by atoms with E-state index in [1.807, 2.05) is 39.8 Å². The summed E-state index contributed by atoms with van der Waals surface area (Å²) in [7, 11) is 0. The van der Waals surface area contributed by atoms with Crippen LogP contribution in [0.15, 0.2) is 18.5 Å². The SMILES string of the molecule is Cc1nc(CCCO)ccc1Oc1ncnc(OC2CCN(C(=O)OC(C)C)CC2)c1C. The number of aromatic nitrogens is 3. The van der Waals surface area contributed by atoms with E-state index in [4.69, 9.17) is 19.3 Å². The molecule has 9 heteroatoms. The quantitative estimate of drug-likeness (QED) is 0.658. The molecule has 3 heterocycles. The smallest absolute Gasteiger partial charge is 0.410 e. The molecule has 1 N–H and O–H groups in total. The van der Waals surface area contributed by atoms with Gasteiger partial charge < -0.3 is 24.2 Å². The maximum absolute atomic E-state index is 12.1. The summed E-state index contributed by atoms with van der Waals surface area (Å²) in [5, 5.41) is 8.99. The number of nitrogens with zero attached hydrogens (tertiary/aromatic N) is 4. The Bertz CT molecular complexity index is 913. The van der Waals surface area contributed by atoms with Gasteiger partial charge in [0.15, 0.2) is 5.75 Å². The molecular weight excluding hydrogens is 412 g/mol. The monoisotopic (exact) mass is 444 g/mol. The van der Waals surface area contributed by atoms with Gasteiger partial charge in [-0.3, -0.25) is 4.98 Å². The molecule has 1 aliphatic rings. The minimum absolute atomic E-state index is 0.0474. The molecule has 0 aromatic carbocycles. The zero-order valence-corrected chi connectivity index (χ0v) is 19.2. The first-order valence-corrected chi connectivity index (χ1v) is 11.1. The van der Waals surface area contributed by atoms with E-state index in [1.54, 1.807) is 4.90 Å². The van der Waals surface area contributed by atoms with Crippen molar-refractivity contribution in [3.05, 3.63) is 35.4 Å². The summed E-state index contributed by atoms with van der Waals surface area (Å²) in [6.45, 7) is 8.72. The summed E-state index contributed by atoms with van der Waals surface area (Å²) >= 11 is 0. The Hall–Kier alpha value is -2.94. The molecule has 3 rings (SSSR count). The number of pyridine rings is 1. The molecule has 0 spiro atoms. The summed E-state index contributed by atoms with van der Waals surface area (Å²) in [5.74, 6) is 1.51. The zero-order chi connectivity index (χ0) is 23.1. The van der Waals surface area contributed by atoms with E-state index in [0.29, 0.717) is 55.4 Å². The highest BCUT2D eigenvalue weighted by molar-refractivity contribution is 5.67. The van der Waals surface area contributed by atoms with Crippen molar-refractivity contribution in [2.75, 3.05) is 19.7 Å². The molecule has 0 unspecified atom stereocenters. The van der Waals surface area contributed by atoms with Crippen LogP contribution >= 0.6 is 0 Å². The van der Waals surface area contributed by atoms with Crippen LogP contribution in [0.1, 0.15) is 50.1 Å². The number of hydrogen-bond donors (Lipinski definition) is 1. The lowest BCUT2D eigenvalue weighted by atomic mass is 10.1. The third-order valence-electron chi connectivity index (χ3n) is 5.20. The number of rotatable bonds is 8. The van der Waals surface area contributed by atoms with Gasteiger partial charge in [0.1, 0.15) is 12.4 Å². The van der Waals surface area contributed by atoms with Crippen LogP contribution in [0.5, 0.6) is 17.5 Å². The molecule has 1 fully saturated rings. The molecule has 0 bridgehead atoms. The average molecular weight is 445 g/mol. The first-order valence-electron chi connectivity index (χ1n) is 11.1. The van der Waals surface area contributed by atoms with Gasteiger partial charge in [-0.05, 0) is 52.7 Å². The number of piperidine rings is 1. The lowest BCUT2D eigenvalue weighted by Crippen LogP contribution is -2.42. The number of amides is 1. The van der Waals surface area contributed by atoms with Crippen LogP contribution in [0, 0.1) is 13.8 Å². The first-order chi connectivity index (χ1) is 15.4. The molecule has 2 aromatic heterocycles. The van der Waals surface area contributed by atoms with Crippen molar-refractivity contribution < 1.29 is 24.1 Å². The third-order valence-corrected chi connectivity index (χ3v) is 5.20. The standard InChI is InChI=1S/C23H32N4O5/c1-15(2)30-23(29)27-11-9-19(10-12-27)31-21-16(3)22(25-14-24-21)32-20-8-7-18(6-5-13-28)26-17(20)4/h7-8,14-15,19,28H,5-6,9-13H2,1-4H3. The van der Waals surface area contributed by atoms with Crippen LogP contribution in [0.3, 0.4) is 0 Å². The Labute approximate surface area is 188 Å². The summed E-state index contributed by atoms with van der Waals surface area (Å²) in [4.78, 5) is 26.8. The molecule has 1 saturated heterocycles. The van der Waals surface area contributed by atoms with Crippen LogP contribution in [0.25, 0.3) is 0 Å². The van der Waals surface area contributed by atoms with Crippen LogP contribution < -0.4 is 9.47 Å². The molecular formula is C23H32N4O5. The number of carbonyl (C=O) groups excluding carboxylic acids is 1. The molecule has 1 amide bonds. The van der Waals surface area contributed by atoms with E-state index < -0.39 is 0 Å². The Morgan fingerprint density at radius 1 is 1.19 bits per heavy atom. The van der Waals surface area contributed by atoms with Crippen molar-refractivity contribution in [3.8, 4) is 17.5 Å². The van der Waals surface area contributed by atoms with Crippen LogP contribution in [-0.2, 0) is 11.2 Å². The van der Waals surface area contributed by atoms with E-state index in [9.17, 15) is 4.79 Å². The van der Waals surface area contributed by atoms with Crippen molar-refractivity contribution in [2.24, 2.45) is 0 Å². The number of aliphatic hydroxyl groups is 1. The predicted molar refractivity (Wildman–Crippen MR) is 118 cm³/mol. The molecule has 32 heavy (non-hydrogen) atoms. The minimum Gasteiger partial charge on any atom is -0.474 e. The predicted octanol–water partition coefficient (Wildman–Crippen LogP) is 3.59. The summed E-state index contributed by atoms with van der Waals surface area (Å²) in [6.07, 6.45) is 3.76. The van der Waals surface area contributed by atoms with Gasteiger partial charge >= 0.3 is 6.09 Å². The van der Waals surface area contributed by atoms with Crippen molar-refractivity contribution in [3.63, 3.8) is 0 Å². The molecule has 0 saturated carbocycles. The van der Waals surface area contributed by atoms with Gasteiger partial charge in [-0.2, -0.15) is 0 Å². The van der Waals surface area contributed by atoms with E-state index in [-0.39, 0.29) is 24.9 Å². The number of hydrogen-bond acceptors (Lipinski definition) is 8. The number of aryl methyl sites for hydroxylation is 2. The number of aliphatic hydroxyl groups excluding tert-OH is 1. The van der Waals surface area contributed by atoms with Crippen LogP contribution in [-0.4, -0.2) is 63.0 Å². The van der Waals surface area contributed by atoms with Crippen molar-refractivity contribution in [1.82, 2.24) is 19.9 Å². The largest absolute Gasteiger partial charge is 0.474 e. The molecule has 2 aromatic rings. The Kier molecular flexibility index (Phi) is 8.21. The fourth-order valence-corrected chi connectivity index (χ4v) is 3.44. The lowest BCUT2D eigenvalue weighted by Gasteiger charge is -2.31. The molecule has 174 valence electrons. The Balaban J connectivity index is 1.61. The van der Waals surface area contributed by atoms with Gasteiger partial charge in [0.25, 0.3) is 0 Å². The first kappa shape index (κ1) is 23.7. The topological polar surface area (TPSA) is 107 Å². The third kappa shape index (κ3) is 6.29. The van der Waals surface area contributed by atoms with Crippen molar-refractivity contribution in [1.29, 1.82) is 0 Å². The normalized spacial score (nSPS) is 14.5. The summed E-state index contributed by atoms with van der Waals surface area (Å²) < 4.78 is 17.4.